The van der Waals surface area contributed by atoms with E-state index in [1.807, 2.05) is 24.3 Å². The maximum absolute atomic E-state index is 6.16. The molecule has 0 aliphatic heterocycles. The fourth-order valence-electron chi connectivity index (χ4n) is 2.21. The number of rotatable bonds is 6. The quantitative estimate of drug-likeness (QED) is 0.637. The number of hydrogen-bond acceptors (Lipinski definition) is 4. The van der Waals surface area contributed by atoms with Crippen molar-refractivity contribution in [3.8, 4) is 0 Å². The van der Waals surface area contributed by atoms with Gasteiger partial charge in [-0.1, -0.05) is 53.5 Å². The number of anilines is 3. The van der Waals surface area contributed by atoms with Crippen LogP contribution in [0.3, 0.4) is 0 Å². The molecule has 1 heterocycles. The maximum Gasteiger partial charge on any atom is 0.224 e. The monoisotopic (exact) mass is 358 g/mol. The van der Waals surface area contributed by atoms with Gasteiger partial charge in [0.25, 0.3) is 0 Å². The first-order valence-electron chi connectivity index (χ1n) is 7.53. The van der Waals surface area contributed by atoms with Crippen molar-refractivity contribution in [3.63, 3.8) is 0 Å². The second-order valence-corrected chi connectivity index (χ2v) is 6.02. The molecule has 1 aromatic heterocycles. The van der Waals surface area contributed by atoms with E-state index in [0.717, 1.165) is 18.7 Å². The lowest BCUT2D eigenvalue weighted by Gasteiger charge is -2.10. The van der Waals surface area contributed by atoms with Gasteiger partial charge in [0.05, 0.1) is 10.7 Å². The first-order valence-corrected chi connectivity index (χ1v) is 8.29. The van der Waals surface area contributed by atoms with Crippen molar-refractivity contribution in [3.05, 3.63) is 76.4 Å². The molecule has 0 spiro atoms. The van der Waals surface area contributed by atoms with Crippen LogP contribution in [0.2, 0.25) is 10.0 Å². The summed E-state index contributed by atoms with van der Waals surface area (Å²) in [5, 5.41) is 7.53. The second-order valence-electron chi connectivity index (χ2n) is 5.18. The molecule has 0 atom stereocenters. The lowest BCUT2D eigenvalue weighted by Crippen LogP contribution is -2.08. The van der Waals surface area contributed by atoms with E-state index in [1.54, 1.807) is 24.4 Å². The molecule has 24 heavy (non-hydrogen) atoms. The van der Waals surface area contributed by atoms with Crippen LogP contribution < -0.4 is 10.6 Å². The van der Waals surface area contributed by atoms with Gasteiger partial charge in [-0.05, 0) is 36.2 Å². The minimum absolute atomic E-state index is 0.541. The van der Waals surface area contributed by atoms with Crippen molar-refractivity contribution >= 4 is 40.7 Å². The molecule has 2 aromatic carbocycles. The zero-order chi connectivity index (χ0) is 16.8. The average Bonchev–Trinajstić information content (AvgIpc) is 2.59. The fourth-order valence-corrected chi connectivity index (χ4v) is 2.66. The van der Waals surface area contributed by atoms with Crippen molar-refractivity contribution in [1.82, 2.24) is 9.97 Å². The molecule has 0 radical (unpaired) electrons. The molecule has 0 aliphatic rings. The highest BCUT2D eigenvalue weighted by atomic mass is 35.5. The molecule has 0 unspecified atom stereocenters. The smallest absolute Gasteiger partial charge is 0.224 e. The number of nitrogens with zero attached hydrogens (tertiary/aromatic N) is 2. The van der Waals surface area contributed by atoms with Crippen LogP contribution in [0, 0.1) is 0 Å². The van der Waals surface area contributed by atoms with Gasteiger partial charge in [-0.25, -0.2) is 4.98 Å². The zero-order valence-electron chi connectivity index (χ0n) is 12.8. The number of hydrogen-bond donors (Lipinski definition) is 2. The fraction of sp³-hybridized carbons (Fsp3) is 0.111. The molecule has 3 rings (SSSR count). The minimum atomic E-state index is 0.541. The highest BCUT2D eigenvalue weighted by Crippen LogP contribution is 2.27. The van der Waals surface area contributed by atoms with E-state index in [4.69, 9.17) is 23.2 Å². The van der Waals surface area contributed by atoms with E-state index in [1.165, 1.54) is 5.56 Å². The molecule has 6 heteroatoms. The van der Waals surface area contributed by atoms with Crippen molar-refractivity contribution in [2.45, 2.75) is 6.42 Å². The Morgan fingerprint density at radius 2 is 1.79 bits per heavy atom. The Hall–Kier alpha value is -2.30. The molecule has 2 N–H and O–H groups in total. The predicted octanol–water partition coefficient (Wildman–Crippen LogP) is 5.18. The third-order valence-electron chi connectivity index (χ3n) is 3.39. The summed E-state index contributed by atoms with van der Waals surface area (Å²) in [6, 6.07) is 17.3. The summed E-state index contributed by atoms with van der Waals surface area (Å²) in [5.74, 6) is 1.23. The summed E-state index contributed by atoms with van der Waals surface area (Å²) in [6.07, 6.45) is 2.61. The Balaban J connectivity index is 1.61. The molecular weight excluding hydrogens is 343 g/mol. The van der Waals surface area contributed by atoms with Crippen LogP contribution in [-0.2, 0) is 6.42 Å². The first-order chi connectivity index (χ1) is 11.7. The van der Waals surface area contributed by atoms with Gasteiger partial charge in [-0.2, -0.15) is 4.98 Å². The Labute approximate surface area is 150 Å². The molecular formula is C18H16Cl2N4. The van der Waals surface area contributed by atoms with Crippen LogP contribution in [0.1, 0.15) is 5.56 Å². The van der Waals surface area contributed by atoms with Crippen LogP contribution in [0.5, 0.6) is 0 Å². The number of benzene rings is 2. The highest BCUT2D eigenvalue weighted by molar-refractivity contribution is 6.36. The van der Waals surface area contributed by atoms with E-state index in [9.17, 15) is 0 Å². The third kappa shape index (κ3) is 4.60. The summed E-state index contributed by atoms with van der Waals surface area (Å²) in [6.45, 7) is 0.759. The van der Waals surface area contributed by atoms with E-state index in [2.05, 4.69) is 32.7 Å². The van der Waals surface area contributed by atoms with Crippen LogP contribution in [0.25, 0.3) is 0 Å². The lowest BCUT2D eigenvalue weighted by atomic mass is 10.1. The van der Waals surface area contributed by atoms with Crippen molar-refractivity contribution in [2.75, 3.05) is 17.2 Å². The Morgan fingerprint density at radius 3 is 2.58 bits per heavy atom. The Bertz CT molecular complexity index is 809. The van der Waals surface area contributed by atoms with Gasteiger partial charge in [0, 0.05) is 17.8 Å². The lowest BCUT2D eigenvalue weighted by molar-refractivity contribution is 0.985. The highest BCUT2D eigenvalue weighted by Gasteiger charge is 2.04. The Kier molecular flexibility index (Phi) is 5.51. The minimum Gasteiger partial charge on any atom is -0.354 e. The van der Waals surface area contributed by atoms with Crippen molar-refractivity contribution in [1.29, 1.82) is 0 Å². The summed E-state index contributed by atoms with van der Waals surface area (Å²) in [4.78, 5) is 8.67. The number of aromatic nitrogens is 2. The standard InChI is InChI=1S/C18H16Cl2N4/c19-14-6-7-16(15(20)12-14)23-17-9-11-22-18(24-17)21-10-8-13-4-2-1-3-5-13/h1-7,9,11-12H,8,10H2,(H2,21,22,23,24). The van der Waals surface area contributed by atoms with Gasteiger partial charge in [0.1, 0.15) is 5.82 Å². The molecule has 0 aliphatic carbocycles. The first kappa shape index (κ1) is 16.6. The molecule has 0 saturated heterocycles. The molecule has 0 amide bonds. The van der Waals surface area contributed by atoms with Crippen molar-refractivity contribution in [2.24, 2.45) is 0 Å². The van der Waals surface area contributed by atoms with E-state index in [-0.39, 0.29) is 0 Å². The zero-order valence-corrected chi connectivity index (χ0v) is 14.3. The van der Waals surface area contributed by atoms with Crippen LogP contribution in [0.15, 0.2) is 60.8 Å². The molecule has 122 valence electrons. The Morgan fingerprint density at radius 1 is 0.958 bits per heavy atom. The van der Waals surface area contributed by atoms with E-state index >= 15 is 0 Å². The molecule has 3 aromatic rings. The average molecular weight is 359 g/mol. The molecule has 4 nitrogen and oxygen atoms in total. The van der Waals surface area contributed by atoms with E-state index in [0.29, 0.717) is 21.8 Å². The van der Waals surface area contributed by atoms with Gasteiger partial charge >= 0.3 is 0 Å². The largest absolute Gasteiger partial charge is 0.354 e. The van der Waals surface area contributed by atoms with Gasteiger partial charge in [-0.15, -0.1) is 0 Å². The predicted molar refractivity (Wildman–Crippen MR) is 100 cm³/mol. The summed E-state index contributed by atoms with van der Waals surface area (Å²) >= 11 is 12.1. The second kappa shape index (κ2) is 7.99. The van der Waals surface area contributed by atoms with E-state index < -0.39 is 0 Å². The molecule has 0 fully saturated rings. The topological polar surface area (TPSA) is 49.8 Å². The number of halogens is 2. The summed E-state index contributed by atoms with van der Waals surface area (Å²) < 4.78 is 0. The number of nitrogens with one attached hydrogen (secondary N) is 2. The van der Waals surface area contributed by atoms with Crippen molar-refractivity contribution < 1.29 is 0 Å². The van der Waals surface area contributed by atoms with Gasteiger partial charge in [0.15, 0.2) is 0 Å². The van der Waals surface area contributed by atoms with Gasteiger partial charge < -0.3 is 10.6 Å². The van der Waals surface area contributed by atoms with Gasteiger partial charge in [0.2, 0.25) is 5.95 Å². The molecule has 0 saturated carbocycles. The van der Waals surface area contributed by atoms with Gasteiger partial charge in [-0.3, -0.25) is 0 Å². The van der Waals surface area contributed by atoms with Crippen LogP contribution >= 0.6 is 23.2 Å². The SMILES string of the molecule is Clc1ccc(Nc2ccnc(NCCc3ccccc3)n2)c(Cl)c1. The van der Waals surface area contributed by atoms with Crippen LogP contribution in [-0.4, -0.2) is 16.5 Å². The third-order valence-corrected chi connectivity index (χ3v) is 3.94. The molecule has 0 bridgehead atoms. The summed E-state index contributed by atoms with van der Waals surface area (Å²) in [5.41, 5.74) is 2.02. The normalized spacial score (nSPS) is 10.4. The van der Waals surface area contributed by atoms with Crippen LogP contribution in [0.4, 0.5) is 17.5 Å². The summed E-state index contributed by atoms with van der Waals surface area (Å²) in [7, 11) is 0. The maximum atomic E-state index is 6.16.